The minimum absolute atomic E-state index is 0.711. The second-order valence-electron chi connectivity index (χ2n) is 3.85. The zero-order chi connectivity index (χ0) is 11.7. The molecule has 82 valence electrons. The number of hydrogen-bond donors (Lipinski definition) is 1. The molecule has 3 heteroatoms. The van der Waals surface area contributed by atoms with Crippen molar-refractivity contribution in [2.75, 3.05) is 5.73 Å². The first-order chi connectivity index (χ1) is 7.59. The summed E-state index contributed by atoms with van der Waals surface area (Å²) in [4.78, 5) is 4.30. The highest BCUT2D eigenvalue weighted by molar-refractivity contribution is 6.31. The van der Waals surface area contributed by atoms with Crippen LogP contribution in [0.2, 0.25) is 5.02 Å². The van der Waals surface area contributed by atoms with Crippen LogP contribution in [0.5, 0.6) is 0 Å². The highest BCUT2D eigenvalue weighted by Crippen LogP contribution is 2.28. The van der Waals surface area contributed by atoms with Crippen LogP contribution in [0.4, 0.5) is 5.69 Å². The van der Waals surface area contributed by atoms with Crippen LogP contribution >= 0.6 is 11.6 Å². The molecule has 2 rings (SSSR count). The van der Waals surface area contributed by atoms with Gasteiger partial charge in [-0.15, -0.1) is 0 Å². The molecule has 0 saturated heterocycles. The first kappa shape index (κ1) is 11.0. The third-order valence-electron chi connectivity index (χ3n) is 2.65. The fourth-order valence-corrected chi connectivity index (χ4v) is 1.72. The van der Waals surface area contributed by atoms with E-state index >= 15 is 0 Å². The Morgan fingerprint density at radius 1 is 1.12 bits per heavy atom. The molecule has 0 fully saturated rings. The van der Waals surface area contributed by atoms with Crippen molar-refractivity contribution in [3.05, 3.63) is 46.6 Å². The van der Waals surface area contributed by atoms with Crippen molar-refractivity contribution in [2.45, 2.75) is 13.8 Å². The molecule has 0 unspecified atom stereocenters. The molecule has 0 atom stereocenters. The average Bonchev–Trinajstić information content (AvgIpc) is 2.26. The molecule has 0 radical (unpaired) electrons. The molecule has 1 aromatic carbocycles. The van der Waals surface area contributed by atoms with Crippen LogP contribution in [0.1, 0.15) is 11.1 Å². The van der Waals surface area contributed by atoms with Crippen LogP contribution in [-0.2, 0) is 0 Å². The van der Waals surface area contributed by atoms with E-state index in [0.29, 0.717) is 5.69 Å². The van der Waals surface area contributed by atoms with E-state index in [0.717, 1.165) is 27.4 Å². The van der Waals surface area contributed by atoms with Gasteiger partial charge in [-0.1, -0.05) is 23.7 Å². The minimum atomic E-state index is 0.711. The molecule has 16 heavy (non-hydrogen) atoms. The third kappa shape index (κ3) is 1.89. The number of rotatable bonds is 1. The molecule has 2 nitrogen and oxygen atoms in total. The Morgan fingerprint density at radius 3 is 2.56 bits per heavy atom. The second kappa shape index (κ2) is 4.14. The van der Waals surface area contributed by atoms with Crippen molar-refractivity contribution in [1.29, 1.82) is 0 Å². The van der Waals surface area contributed by atoms with Gasteiger partial charge in [-0.25, -0.2) is 0 Å². The van der Waals surface area contributed by atoms with Gasteiger partial charge in [0.2, 0.25) is 0 Å². The van der Waals surface area contributed by atoms with Crippen LogP contribution in [0.3, 0.4) is 0 Å². The summed E-state index contributed by atoms with van der Waals surface area (Å²) in [5.41, 5.74) is 10.5. The van der Waals surface area contributed by atoms with Gasteiger partial charge in [-0.05, 0) is 37.1 Å². The topological polar surface area (TPSA) is 38.9 Å². The van der Waals surface area contributed by atoms with Crippen LogP contribution < -0.4 is 5.73 Å². The molecule has 0 saturated carbocycles. The molecule has 2 N–H and O–H groups in total. The smallest absolute Gasteiger partial charge is 0.0934 e. The highest BCUT2D eigenvalue weighted by Gasteiger charge is 2.07. The van der Waals surface area contributed by atoms with Crippen molar-refractivity contribution in [3.8, 4) is 11.3 Å². The highest BCUT2D eigenvalue weighted by atomic mass is 35.5. The summed E-state index contributed by atoms with van der Waals surface area (Å²) in [5, 5.41) is 0.736. The van der Waals surface area contributed by atoms with Crippen molar-refractivity contribution in [1.82, 2.24) is 4.98 Å². The molecule has 0 aliphatic rings. The Kier molecular flexibility index (Phi) is 2.84. The number of aromatic nitrogens is 1. The SMILES string of the molecule is Cc1ccc(-c2nccc(C)c2N)cc1Cl. The van der Waals surface area contributed by atoms with E-state index in [-0.39, 0.29) is 0 Å². The normalized spacial score (nSPS) is 10.4. The zero-order valence-corrected chi connectivity index (χ0v) is 10.0. The number of nitrogens with zero attached hydrogens (tertiary/aromatic N) is 1. The maximum absolute atomic E-state index is 6.09. The molecular weight excluding hydrogens is 220 g/mol. The van der Waals surface area contributed by atoms with Gasteiger partial charge in [0.25, 0.3) is 0 Å². The van der Waals surface area contributed by atoms with Gasteiger partial charge in [-0.3, -0.25) is 4.98 Å². The quantitative estimate of drug-likeness (QED) is 0.816. The maximum Gasteiger partial charge on any atom is 0.0934 e. The Labute approximate surface area is 100 Å². The molecule has 1 heterocycles. The van der Waals surface area contributed by atoms with E-state index < -0.39 is 0 Å². The van der Waals surface area contributed by atoms with Gasteiger partial charge >= 0.3 is 0 Å². The van der Waals surface area contributed by atoms with Gasteiger partial charge in [0.05, 0.1) is 11.4 Å². The van der Waals surface area contributed by atoms with Crippen LogP contribution in [0, 0.1) is 13.8 Å². The predicted octanol–water partition coefficient (Wildman–Crippen LogP) is 3.60. The number of aryl methyl sites for hydroxylation is 2. The van der Waals surface area contributed by atoms with E-state index in [2.05, 4.69) is 4.98 Å². The van der Waals surface area contributed by atoms with Crippen molar-refractivity contribution in [3.63, 3.8) is 0 Å². The summed E-state index contributed by atoms with van der Waals surface area (Å²) in [6.07, 6.45) is 1.76. The van der Waals surface area contributed by atoms with Crippen LogP contribution in [0.25, 0.3) is 11.3 Å². The summed E-state index contributed by atoms with van der Waals surface area (Å²) >= 11 is 6.09. The summed E-state index contributed by atoms with van der Waals surface area (Å²) in [6.45, 7) is 3.94. The molecular formula is C13H13ClN2. The molecule has 1 aromatic heterocycles. The molecule has 2 aromatic rings. The average molecular weight is 233 g/mol. The lowest BCUT2D eigenvalue weighted by Gasteiger charge is -2.08. The largest absolute Gasteiger partial charge is 0.397 e. The fourth-order valence-electron chi connectivity index (χ4n) is 1.54. The van der Waals surface area contributed by atoms with Crippen LogP contribution in [0.15, 0.2) is 30.5 Å². The third-order valence-corrected chi connectivity index (χ3v) is 3.06. The van der Waals surface area contributed by atoms with Gasteiger partial charge in [0.15, 0.2) is 0 Å². The van der Waals surface area contributed by atoms with E-state index in [1.807, 2.05) is 38.1 Å². The maximum atomic E-state index is 6.09. The lowest BCUT2D eigenvalue weighted by molar-refractivity contribution is 1.29. The molecule has 0 amide bonds. The van der Waals surface area contributed by atoms with Crippen LogP contribution in [-0.4, -0.2) is 4.98 Å². The number of benzene rings is 1. The number of nitrogen functional groups attached to an aromatic ring is 1. The second-order valence-corrected chi connectivity index (χ2v) is 4.26. The van der Waals surface area contributed by atoms with E-state index in [4.69, 9.17) is 17.3 Å². The zero-order valence-electron chi connectivity index (χ0n) is 9.29. The Hall–Kier alpha value is -1.54. The van der Waals surface area contributed by atoms with Gasteiger partial charge in [0.1, 0.15) is 0 Å². The lowest BCUT2D eigenvalue weighted by Crippen LogP contribution is -1.96. The number of anilines is 1. The lowest BCUT2D eigenvalue weighted by atomic mass is 10.1. The Balaban J connectivity index is 2.59. The van der Waals surface area contributed by atoms with Crippen molar-refractivity contribution in [2.24, 2.45) is 0 Å². The number of halogens is 1. The molecule has 0 spiro atoms. The first-order valence-electron chi connectivity index (χ1n) is 5.07. The monoisotopic (exact) mass is 232 g/mol. The van der Waals surface area contributed by atoms with E-state index in [9.17, 15) is 0 Å². The van der Waals surface area contributed by atoms with Gasteiger partial charge in [0, 0.05) is 16.8 Å². The Bertz CT molecular complexity index is 535. The summed E-state index contributed by atoms with van der Waals surface area (Å²) in [6, 6.07) is 7.75. The van der Waals surface area contributed by atoms with E-state index in [1.165, 1.54) is 0 Å². The number of nitrogens with two attached hydrogens (primary N) is 1. The summed E-state index contributed by atoms with van der Waals surface area (Å²) in [7, 11) is 0. The van der Waals surface area contributed by atoms with Crippen molar-refractivity contribution < 1.29 is 0 Å². The van der Waals surface area contributed by atoms with Gasteiger partial charge in [-0.2, -0.15) is 0 Å². The predicted molar refractivity (Wildman–Crippen MR) is 68.6 cm³/mol. The minimum Gasteiger partial charge on any atom is -0.397 e. The molecule has 0 bridgehead atoms. The first-order valence-corrected chi connectivity index (χ1v) is 5.45. The summed E-state index contributed by atoms with van der Waals surface area (Å²) in [5.74, 6) is 0. The Morgan fingerprint density at radius 2 is 1.88 bits per heavy atom. The molecule has 0 aliphatic heterocycles. The van der Waals surface area contributed by atoms with E-state index in [1.54, 1.807) is 6.20 Å². The molecule has 0 aliphatic carbocycles. The van der Waals surface area contributed by atoms with Gasteiger partial charge < -0.3 is 5.73 Å². The number of pyridine rings is 1. The fraction of sp³-hybridized carbons (Fsp3) is 0.154. The van der Waals surface area contributed by atoms with Crippen molar-refractivity contribution >= 4 is 17.3 Å². The number of hydrogen-bond acceptors (Lipinski definition) is 2. The standard InChI is InChI=1S/C13H13ClN2/c1-8-3-4-10(7-11(8)14)13-12(15)9(2)5-6-16-13/h3-7H,15H2,1-2H3. The summed E-state index contributed by atoms with van der Waals surface area (Å²) < 4.78 is 0.